The van der Waals surface area contributed by atoms with Gasteiger partial charge in [0.15, 0.2) is 5.82 Å². The van der Waals surface area contributed by atoms with E-state index in [4.69, 9.17) is 10.6 Å². The maximum Gasteiger partial charge on any atom is 0.234 e. The van der Waals surface area contributed by atoms with Gasteiger partial charge in [0.2, 0.25) is 11.1 Å². The number of amides is 1. The molecule has 1 saturated carbocycles. The van der Waals surface area contributed by atoms with Crippen LogP contribution in [0.5, 0.6) is 0 Å². The number of nitrogens with two attached hydrogens (primary N) is 1. The molecular weight excluding hydrogens is 388 g/mol. The van der Waals surface area contributed by atoms with E-state index in [2.05, 4.69) is 20.4 Å². The summed E-state index contributed by atoms with van der Waals surface area (Å²) in [5.41, 5.74) is 1.93. The first kappa shape index (κ1) is 20.0. The van der Waals surface area contributed by atoms with Gasteiger partial charge in [-0.15, -0.1) is 10.2 Å². The number of carbonyl (C=O) groups is 1. The minimum Gasteiger partial charge on any atom is -0.378 e. The summed E-state index contributed by atoms with van der Waals surface area (Å²) in [7, 11) is 0. The third-order valence-electron chi connectivity index (χ3n) is 5.52. The van der Waals surface area contributed by atoms with Gasteiger partial charge >= 0.3 is 0 Å². The van der Waals surface area contributed by atoms with Crippen molar-refractivity contribution in [2.75, 3.05) is 48.1 Å². The zero-order valence-corrected chi connectivity index (χ0v) is 17.4. The highest BCUT2D eigenvalue weighted by molar-refractivity contribution is 7.99. The Morgan fingerprint density at radius 2 is 1.86 bits per heavy atom. The lowest BCUT2D eigenvalue weighted by Gasteiger charge is -2.28. The first-order valence-electron chi connectivity index (χ1n) is 10.3. The van der Waals surface area contributed by atoms with E-state index in [0.717, 1.165) is 56.3 Å². The predicted molar refractivity (Wildman–Crippen MR) is 115 cm³/mol. The molecular formula is C20H28N6O2S. The molecule has 1 aliphatic heterocycles. The summed E-state index contributed by atoms with van der Waals surface area (Å²) in [6.07, 6.45) is 5.94. The first-order valence-corrected chi connectivity index (χ1v) is 11.2. The minimum atomic E-state index is -0.0867. The molecule has 2 heterocycles. The fourth-order valence-electron chi connectivity index (χ4n) is 3.93. The summed E-state index contributed by atoms with van der Waals surface area (Å²) < 4.78 is 6.94. The number of morpholine rings is 1. The molecule has 1 aromatic heterocycles. The smallest absolute Gasteiger partial charge is 0.234 e. The van der Waals surface area contributed by atoms with Crippen molar-refractivity contribution < 1.29 is 9.53 Å². The zero-order chi connectivity index (χ0) is 20.1. The number of hydrogen-bond donors (Lipinski definition) is 2. The van der Waals surface area contributed by atoms with Gasteiger partial charge in [0.25, 0.3) is 0 Å². The Morgan fingerprint density at radius 3 is 2.59 bits per heavy atom. The van der Waals surface area contributed by atoms with Crippen LogP contribution in [0.3, 0.4) is 0 Å². The topological polar surface area (TPSA) is 98.3 Å². The molecule has 0 unspecified atom stereocenters. The molecule has 3 N–H and O–H groups in total. The van der Waals surface area contributed by atoms with E-state index in [0.29, 0.717) is 11.1 Å². The molecule has 1 amide bonds. The molecule has 2 aromatic rings. The highest BCUT2D eigenvalue weighted by atomic mass is 32.2. The molecule has 0 bridgehead atoms. The Morgan fingerprint density at radius 1 is 1.14 bits per heavy atom. The highest BCUT2D eigenvalue weighted by Gasteiger charge is 2.22. The number of carbonyl (C=O) groups excluding carboxylic acids is 1. The molecule has 0 radical (unpaired) electrons. The van der Waals surface area contributed by atoms with Gasteiger partial charge in [-0.25, -0.2) is 4.68 Å². The number of benzene rings is 1. The van der Waals surface area contributed by atoms with Gasteiger partial charge in [-0.05, 0) is 37.1 Å². The average Bonchev–Trinajstić information content (AvgIpc) is 3.14. The number of nitrogens with one attached hydrogen (secondary N) is 1. The lowest BCUT2D eigenvalue weighted by Crippen LogP contribution is -2.36. The lowest BCUT2D eigenvalue weighted by atomic mass is 9.89. The molecule has 8 nitrogen and oxygen atoms in total. The second-order valence-electron chi connectivity index (χ2n) is 7.53. The standard InChI is InChI=1S/C20H28N6O2S/c21-26-19(15-4-2-1-3-5-15)23-24-20(26)29-14-18(27)22-16-6-8-17(9-7-16)25-10-12-28-13-11-25/h6-9,15H,1-5,10-14,21H2,(H,22,27). The van der Waals surface area contributed by atoms with E-state index in [1.807, 2.05) is 24.3 Å². The third-order valence-corrected chi connectivity index (χ3v) is 6.46. The van der Waals surface area contributed by atoms with Crippen LogP contribution in [0.15, 0.2) is 29.4 Å². The minimum absolute atomic E-state index is 0.0867. The predicted octanol–water partition coefficient (Wildman–Crippen LogP) is 2.61. The molecule has 1 saturated heterocycles. The number of hydrogen-bond acceptors (Lipinski definition) is 7. The quantitative estimate of drug-likeness (QED) is 0.552. The Hall–Kier alpha value is -2.26. The molecule has 156 valence electrons. The van der Waals surface area contributed by atoms with Crippen LogP contribution in [-0.2, 0) is 9.53 Å². The number of nitrogen functional groups attached to an aromatic ring is 1. The molecule has 0 spiro atoms. The van der Waals surface area contributed by atoms with Gasteiger partial charge in [-0.2, -0.15) is 0 Å². The Bertz CT molecular complexity index is 813. The molecule has 2 aliphatic rings. The number of anilines is 2. The summed E-state index contributed by atoms with van der Waals surface area (Å²) >= 11 is 1.32. The van der Waals surface area contributed by atoms with Crippen LogP contribution in [-0.4, -0.2) is 52.8 Å². The van der Waals surface area contributed by atoms with E-state index in [1.165, 1.54) is 31.0 Å². The van der Waals surface area contributed by atoms with E-state index >= 15 is 0 Å². The summed E-state index contributed by atoms with van der Waals surface area (Å²) in [4.78, 5) is 14.6. The average molecular weight is 417 g/mol. The van der Waals surface area contributed by atoms with Crippen LogP contribution >= 0.6 is 11.8 Å². The van der Waals surface area contributed by atoms with Crippen molar-refractivity contribution in [1.82, 2.24) is 14.9 Å². The second kappa shape index (κ2) is 9.49. The normalized spacial score (nSPS) is 18.0. The summed E-state index contributed by atoms with van der Waals surface area (Å²) in [6, 6.07) is 7.92. The summed E-state index contributed by atoms with van der Waals surface area (Å²) in [6.45, 7) is 3.30. The van der Waals surface area contributed by atoms with Crippen LogP contribution in [0, 0.1) is 0 Å². The molecule has 0 atom stereocenters. The maximum atomic E-state index is 12.3. The lowest BCUT2D eigenvalue weighted by molar-refractivity contribution is -0.113. The molecule has 2 fully saturated rings. The van der Waals surface area contributed by atoms with Crippen molar-refractivity contribution >= 4 is 29.0 Å². The number of ether oxygens (including phenoxy) is 1. The first-order chi connectivity index (χ1) is 14.2. The Kier molecular flexibility index (Phi) is 6.56. The Labute approximate surface area is 175 Å². The molecule has 1 aromatic carbocycles. The van der Waals surface area contributed by atoms with Gasteiger partial charge in [0.1, 0.15) is 0 Å². The van der Waals surface area contributed by atoms with Crippen molar-refractivity contribution in [2.45, 2.75) is 43.2 Å². The summed E-state index contributed by atoms with van der Waals surface area (Å²) in [5.74, 6) is 7.56. The van der Waals surface area contributed by atoms with E-state index < -0.39 is 0 Å². The van der Waals surface area contributed by atoms with Gasteiger partial charge in [0, 0.05) is 30.4 Å². The van der Waals surface area contributed by atoms with Gasteiger partial charge in [-0.1, -0.05) is 31.0 Å². The van der Waals surface area contributed by atoms with Gasteiger partial charge in [-0.3, -0.25) is 4.79 Å². The monoisotopic (exact) mass is 416 g/mol. The van der Waals surface area contributed by atoms with Crippen molar-refractivity contribution in [3.8, 4) is 0 Å². The Balaban J connectivity index is 1.28. The van der Waals surface area contributed by atoms with Crippen molar-refractivity contribution in [1.29, 1.82) is 0 Å². The second-order valence-corrected chi connectivity index (χ2v) is 8.47. The van der Waals surface area contributed by atoms with Crippen LogP contribution in [0.25, 0.3) is 0 Å². The number of aromatic nitrogens is 3. The number of thioether (sulfide) groups is 1. The zero-order valence-electron chi connectivity index (χ0n) is 16.5. The fourth-order valence-corrected chi connectivity index (χ4v) is 4.59. The number of rotatable bonds is 6. The summed E-state index contributed by atoms with van der Waals surface area (Å²) in [5, 5.41) is 12.0. The van der Waals surface area contributed by atoms with Crippen molar-refractivity contribution in [3.05, 3.63) is 30.1 Å². The van der Waals surface area contributed by atoms with Crippen LogP contribution in [0.1, 0.15) is 43.8 Å². The fraction of sp³-hybridized carbons (Fsp3) is 0.550. The molecule has 29 heavy (non-hydrogen) atoms. The molecule has 4 rings (SSSR count). The van der Waals surface area contributed by atoms with E-state index in [1.54, 1.807) is 4.68 Å². The van der Waals surface area contributed by atoms with E-state index in [-0.39, 0.29) is 11.7 Å². The van der Waals surface area contributed by atoms with Crippen LogP contribution < -0.4 is 16.1 Å². The molecule has 1 aliphatic carbocycles. The third kappa shape index (κ3) is 5.02. The van der Waals surface area contributed by atoms with Crippen molar-refractivity contribution in [3.63, 3.8) is 0 Å². The SMILES string of the molecule is Nn1c(SCC(=O)Nc2ccc(N3CCOCC3)cc2)nnc1C1CCCCC1. The largest absolute Gasteiger partial charge is 0.378 e. The highest BCUT2D eigenvalue weighted by Crippen LogP contribution is 2.32. The van der Waals surface area contributed by atoms with Crippen molar-refractivity contribution in [2.24, 2.45) is 0 Å². The molecule has 9 heteroatoms. The van der Waals surface area contributed by atoms with Crippen LogP contribution in [0.2, 0.25) is 0 Å². The maximum absolute atomic E-state index is 12.3. The van der Waals surface area contributed by atoms with Crippen LogP contribution in [0.4, 0.5) is 11.4 Å². The van der Waals surface area contributed by atoms with Gasteiger partial charge < -0.3 is 20.8 Å². The van der Waals surface area contributed by atoms with E-state index in [9.17, 15) is 4.79 Å². The van der Waals surface area contributed by atoms with Gasteiger partial charge in [0.05, 0.1) is 19.0 Å². The number of nitrogens with zero attached hydrogens (tertiary/aromatic N) is 4.